The summed E-state index contributed by atoms with van der Waals surface area (Å²) in [6.45, 7) is 5.19. The third kappa shape index (κ3) is 8.89. The molecule has 0 aromatic rings. The van der Waals surface area contributed by atoms with Gasteiger partial charge in [0.15, 0.2) is 0 Å². The molecular weight excluding hydrogens is 316 g/mol. The second-order valence-corrected chi connectivity index (χ2v) is 8.85. The maximum Gasteiger partial charge on any atom is 0.0651 e. The highest BCUT2D eigenvalue weighted by Crippen LogP contribution is 2.37. The van der Waals surface area contributed by atoms with E-state index in [-0.39, 0.29) is 0 Å². The number of hydrogen-bond donors (Lipinski definition) is 0. The Hall–Kier alpha value is -0.560. The maximum atomic E-state index is 6.03. The van der Waals surface area contributed by atoms with Crippen molar-refractivity contribution in [1.29, 1.82) is 0 Å². The van der Waals surface area contributed by atoms with Gasteiger partial charge in [-0.15, -0.1) is 0 Å². The number of hydrogen-bond acceptors (Lipinski definition) is 1. The van der Waals surface area contributed by atoms with Gasteiger partial charge in [-0.25, -0.2) is 0 Å². The molecule has 150 valence electrons. The summed E-state index contributed by atoms with van der Waals surface area (Å²) in [4.78, 5) is 0. The summed E-state index contributed by atoms with van der Waals surface area (Å²) in [5.74, 6) is 3.03. The number of ether oxygens (including phenoxy) is 1. The van der Waals surface area contributed by atoms with Gasteiger partial charge in [0.1, 0.15) is 0 Å². The van der Waals surface area contributed by atoms with Crippen LogP contribution in [0.5, 0.6) is 0 Å². The maximum absolute atomic E-state index is 6.03. The summed E-state index contributed by atoms with van der Waals surface area (Å²) in [5.41, 5.74) is 0. The van der Waals surface area contributed by atoms with E-state index in [0.29, 0.717) is 6.10 Å². The predicted molar refractivity (Wildman–Crippen MR) is 114 cm³/mol. The Morgan fingerprint density at radius 1 is 0.692 bits per heavy atom. The quantitative estimate of drug-likeness (QED) is 0.341. The smallest absolute Gasteiger partial charge is 0.0651 e. The van der Waals surface area contributed by atoms with E-state index < -0.39 is 0 Å². The van der Waals surface area contributed by atoms with E-state index >= 15 is 0 Å². The van der Waals surface area contributed by atoms with Crippen LogP contribution in [0.3, 0.4) is 0 Å². The average Bonchev–Trinajstić information content (AvgIpc) is 2.68. The van der Waals surface area contributed by atoms with Gasteiger partial charge in [0.25, 0.3) is 0 Å². The van der Waals surface area contributed by atoms with Gasteiger partial charge < -0.3 is 4.74 Å². The first-order valence-corrected chi connectivity index (χ1v) is 11.7. The lowest BCUT2D eigenvalue weighted by molar-refractivity contribution is 0.0324. The standard InChI is InChI=1S/C25H44O/c1-3-5-7-9-21-26-25-19-17-24(18-20-25)16-15-23-13-11-22(12-14-23)10-8-6-4-2/h4,6-7,9,22-25H,3,5,8,10-21H2,1-2H3/b6-4+,9-7+/t22-,23-,24-,25-. The molecule has 0 bridgehead atoms. The van der Waals surface area contributed by atoms with Gasteiger partial charge in [-0.3, -0.25) is 0 Å². The van der Waals surface area contributed by atoms with E-state index in [1.807, 2.05) is 0 Å². The molecule has 0 N–H and O–H groups in total. The summed E-state index contributed by atoms with van der Waals surface area (Å²) in [7, 11) is 0. The molecule has 0 saturated heterocycles. The van der Waals surface area contributed by atoms with E-state index in [1.54, 1.807) is 0 Å². The van der Waals surface area contributed by atoms with Gasteiger partial charge in [0.2, 0.25) is 0 Å². The first kappa shape index (κ1) is 21.7. The van der Waals surface area contributed by atoms with Crippen LogP contribution in [0.15, 0.2) is 24.3 Å². The summed E-state index contributed by atoms with van der Waals surface area (Å²) in [6.07, 6.45) is 29.1. The van der Waals surface area contributed by atoms with Gasteiger partial charge in [-0.2, -0.15) is 0 Å². The number of unbranched alkanes of at least 4 members (excludes halogenated alkanes) is 1. The second kappa shape index (κ2) is 13.6. The summed E-state index contributed by atoms with van der Waals surface area (Å²) < 4.78 is 6.03. The zero-order valence-electron chi connectivity index (χ0n) is 17.6. The molecule has 2 rings (SSSR count). The molecule has 0 aliphatic heterocycles. The van der Waals surface area contributed by atoms with Crippen molar-refractivity contribution in [3.05, 3.63) is 24.3 Å². The molecule has 0 aromatic heterocycles. The van der Waals surface area contributed by atoms with Crippen molar-refractivity contribution in [1.82, 2.24) is 0 Å². The molecule has 2 aliphatic carbocycles. The van der Waals surface area contributed by atoms with Gasteiger partial charge in [0, 0.05) is 0 Å². The molecule has 1 heteroatoms. The molecule has 0 unspecified atom stereocenters. The number of allylic oxidation sites excluding steroid dienone is 3. The molecule has 0 heterocycles. The Morgan fingerprint density at radius 3 is 1.85 bits per heavy atom. The van der Waals surface area contributed by atoms with Crippen LogP contribution in [0.1, 0.15) is 104 Å². The first-order chi connectivity index (χ1) is 12.8. The zero-order valence-corrected chi connectivity index (χ0v) is 17.6. The fourth-order valence-electron chi connectivity index (χ4n) is 4.91. The third-order valence-corrected chi connectivity index (χ3v) is 6.77. The highest BCUT2D eigenvalue weighted by Gasteiger charge is 2.24. The third-order valence-electron chi connectivity index (χ3n) is 6.77. The Labute approximate surface area is 163 Å². The minimum atomic E-state index is 0.533. The molecule has 0 spiro atoms. The lowest BCUT2D eigenvalue weighted by Gasteiger charge is -2.32. The van der Waals surface area contributed by atoms with Crippen LogP contribution in [0.2, 0.25) is 0 Å². The molecule has 2 aliphatic rings. The molecule has 26 heavy (non-hydrogen) atoms. The topological polar surface area (TPSA) is 9.23 Å². The Kier molecular flexibility index (Phi) is 11.4. The minimum Gasteiger partial charge on any atom is -0.374 e. The molecule has 2 fully saturated rings. The van der Waals surface area contributed by atoms with Crippen LogP contribution in [0.25, 0.3) is 0 Å². The van der Waals surface area contributed by atoms with Crippen LogP contribution in [-0.2, 0) is 4.74 Å². The second-order valence-electron chi connectivity index (χ2n) is 8.85. The largest absolute Gasteiger partial charge is 0.374 e. The normalized spacial score (nSPS) is 30.4. The van der Waals surface area contributed by atoms with Gasteiger partial charge in [0.05, 0.1) is 12.7 Å². The van der Waals surface area contributed by atoms with Crippen LogP contribution in [0, 0.1) is 17.8 Å². The predicted octanol–water partition coefficient (Wildman–Crippen LogP) is 7.86. The van der Waals surface area contributed by atoms with Crippen molar-refractivity contribution < 1.29 is 4.74 Å². The molecule has 1 nitrogen and oxygen atoms in total. The highest BCUT2D eigenvalue weighted by atomic mass is 16.5. The van der Waals surface area contributed by atoms with Crippen molar-refractivity contribution >= 4 is 0 Å². The molecular formula is C25H44O. The van der Waals surface area contributed by atoms with Crippen molar-refractivity contribution in [2.24, 2.45) is 17.8 Å². The van der Waals surface area contributed by atoms with Gasteiger partial charge in [-0.05, 0) is 69.6 Å². The van der Waals surface area contributed by atoms with Crippen molar-refractivity contribution in [3.8, 4) is 0 Å². The molecule has 0 aromatic carbocycles. The molecule has 0 amide bonds. The van der Waals surface area contributed by atoms with Crippen LogP contribution in [0.4, 0.5) is 0 Å². The fourth-order valence-corrected chi connectivity index (χ4v) is 4.91. The van der Waals surface area contributed by atoms with Crippen molar-refractivity contribution in [2.75, 3.05) is 6.61 Å². The summed E-state index contributed by atoms with van der Waals surface area (Å²) in [5, 5.41) is 0. The van der Waals surface area contributed by atoms with E-state index in [9.17, 15) is 0 Å². The lowest BCUT2D eigenvalue weighted by atomic mass is 9.76. The molecule has 2 saturated carbocycles. The van der Waals surface area contributed by atoms with Crippen LogP contribution >= 0.6 is 0 Å². The lowest BCUT2D eigenvalue weighted by Crippen LogP contribution is -2.22. The Morgan fingerprint density at radius 2 is 1.27 bits per heavy atom. The Bertz CT molecular complexity index is 381. The monoisotopic (exact) mass is 360 g/mol. The van der Waals surface area contributed by atoms with E-state index in [2.05, 4.69) is 38.2 Å². The SMILES string of the molecule is C/C=C/CC[C@H]1CC[C@H](CC[C@H]2CC[C@H](OC/C=C/CCC)CC2)CC1. The highest BCUT2D eigenvalue weighted by molar-refractivity contribution is 4.83. The summed E-state index contributed by atoms with van der Waals surface area (Å²) >= 11 is 0. The fraction of sp³-hybridized carbons (Fsp3) is 0.840. The van der Waals surface area contributed by atoms with Crippen molar-refractivity contribution in [2.45, 2.75) is 110 Å². The Balaban J connectivity index is 1.50. The van der Waals surface area contributed by atoms with E-state index in [1.165, 1.54) is 89.9 Å². The van der Waals surface area contributed by atoms with Crippen molar-refractivity contribution in [3.63, 3.8) is 0 Å². The van der Waals surface area contributed by atoms with Crippen LogP contribution in [-0.4, -0.2) is 12.7 Å². The molecule has 0 atom stereocenters. The number of rotatable bonds is 11. The van der Waals surface area contributed by atoms with Gasteiger partial charge in [-0.1, -0.05) is 76.2 Å². The van der Waals surface area contributed by atoms with E-state index in [4.69, 9.17) is 4.74 Å². The average molecular weight is 361 g/mol. The summed E-state index contributed by atoms with van der Waals surface area (Å²) in [6, 6.07) is 0. The molecule has 0 radical (unpaired) electrons. The minimum absolute atomic E-state index is 0.533. The van der Waals surface area contributed by atoms with E-state index in [0.717, 1.165) is 24.4 Å². The van der Waals surface area contributed by atoms with Crippen LogP contribution < -0.4 is 0 Å². The van der Waals surface area contributed by atoms with Gasteiger partial charge >= 0.3 is 0 Å². The first-order valence-electron chi connectivity index (χ1n) is 11.7. The zero-order chi connectivity index (χ0) is 18.5.